The van der Waals surface area contributed by atoms with Crippen LogP contribution < -0.4 is 10.1 Å². The van der Waals surface area contributed by atoms with Gasteiger partial charge in [0.2, 0.25) is 0 Å². The molecule has 0 spiro atoms. The van der Waals surface area contributed by atoms with Crippen molar-refractivity contribution < 1.29 is 24.5 Å². The third-order valence-electron chi connectivity index (χ3n) is 3.73. The van der Waals surface area contributed by atoms with Gasteiger partial charge in [0.1, 0.15) is 18.0 Å². The van der Waals surface area contributed by atoms with Gasteiger partial charge < -0.3 is 20.3 Å². The van der Waals surface area contributed by atoms with Gasteiger partial charge in [0, 0.05) is 46.0 Å². The van der Waals surface area contributed by atoms with E-state index in [1.54, 1.807) is 25.1 Å². The topological polar surface area (TPSA) is 109 Å². The molecule has 0 saturated carbocycles. The predicted molar refractivity (Wildman–Crippen MR) is 100 cm³/mol. The number of aromatic nitrogens is 1. The van der Waals surface area contributed by atoms with Gasteiger partial charge in [0.15, 0.2) is 11.4 Å². The number of aryl methyl sites for hydroxylation is 1. The molecule has 0 aliphatic carbocycles. The first-order valence-electron chi connectivity index (χ1n) is 7.82. The maximum Gasteiger partial charge on any atom is 0.322 e. The number of hydrogen-bond donors (Lipinski definition) is 3. The third kappa shape index (κ3) is 4.77. The Morgan fingerprint density at radius 3 is 2.44 bits per heavy atom. The number of carboxylic acids is 1. The van der Waals surface area contributed by atoms with Crippen LogP contribution >= 0.6 is 0 Å². The van der Waals surface area contributed by atoms with Crippen LogP contribution in [-0.4, -0.2) is 63.2 Å². The molecule has 2 aromatic carbocycles. The number of nitrogens with one attached hydrogen (secondary N) is 1. The molecule has 133 valence electrons. The van der Waals surface area contributed by atoms with Gasteiger partial charge >= 0.3 is 5.97 Å². The summed E-state index contributed by atoms with van der Waals surface area (Å²) >= 11 is 0. The fourth-order valence-corrected chi connectivity index (χ4v) is 2.52. The average Bonchev–Trinajstić information content (AvgIpc) is 2.63. The molecule has 0 saturated heterocycles. The van der Waals surface area contributed by atoms with Gasteiger partial charge in [-0.05, 0) is 37.3 Å². The van der Waals surface area contributed by atoms with E-state index in [9.17, 15) is 14.7 Å². The van der Waals surface area contributed by atoms with Gasteiger partial charge in [-0.3, -0.25) is 9.59 Å². The zero-order chi connectivity index (χ0) is 18.7. The molecule has 1 aromatic heterocycles. The number of nitrogens with zero attached hydrogens (tertiary/aromatic N) is 1. The molecule has 0 atom stereocenters. The van der Waals surface area contributed by atoms with Crippen molar-refractivity contribution in [3.05, 3.63) is 59.9 Å². The van der Waals surface area contributed by atoms with Crippen molar-refractivity contribution in [2.24, 2.45) is 0 Å². The fraction of sp³-hybridized carbons (Fsp3) is 0.105. The normalized spacial score (nSPS) is 10.1. The van der Waals surface area contributed by atoms with Crippen molar-refractivity contribution in [3.63, 3.8) is 0 Å². The molecule has 1 amide bonds. The van der Waals surface area contributed by atoms with E-state index in [0.29, 0.717) is 28.0 Å². The van der Waals surface area contributed by atoms with E-state index in [1.807, 2.05) is 30.3 Å². The molecule has 3 N–H and O–H groups in total. The quantitative estimate of drug-likeness (QED) is 0.591. The van der Waals surface area contributed by atoms with Crippen molar-refractivity contribution in [1.82, 2.24) is 10.3 Å². The van der Waals surface area contributed by atoms with Gasteiger partial charge in [0.25, 0.3) is 5.91 Å². The minimum atomic E-state index is -1.18. The number of aromatic hydroxyl groups is 1. The first-order chi connectivity index (χ1) is 12.5. The maximum absolute atomic E-state index is 12.1. The van der Waals surface area contributed by atoms with E-state index < -0.39 is 18.4 Å². The molecule has 1 radical (unpaired) electrons. The van der Waals surface area contributed by atoms with E-state index in [-0.39, 0.29) is 41.0 Å². The zero-order valence-corrected chi connectivity index (χ0v) is 16.9. The van der Waals surface area contributed by atoms with Crippen LogP contribution in [0.4, 0.5) is 0 Å². The van der Waals surface area contributed by atoms with Crippen molar-refractivity contribution in [1.29, 1.82) is 0 Å². The number of benzene rings is 2. The van der Waals surface area contributed by atoms with Crippen LogP contribution in [0.3, 0.4) is 0 Å². The Hall–Kier alpha value is -2.61. The van der Waals surface area contributed by atoms with Crippen molar-refractivity contribution in [2.75, 3.05) is 6.54 Å². The molecular weight excluding hydrogens is 359 g/mol. The maximum atomic E-state index is 12.1. The molecule has 0 aliphatic rings. The van der Waals surface area contributed by atoms with E-state index in [1.165, 1.54) is 0 Å². The van der Waals surface area contributed by atoms with Crippen molar-refractivity contribution >= 4 is 52.2 Å². The monoisotopic (exact) mass is 375 g/mol. The molecule has 0 unspecified atom stereocenters. The Labute approximate surface area is 177 Å². The molecule has 0 bridgehead atoms. The van der Waals surface area contributed by atoms with Crippen molar-refractivity contribution in [2.45, 2.75) is 6.92 Å². The number of para-hydroxylation sites is 1. The summed E-state index contributed by atoms with van der Waals surface area (Å²) in [6.45, 7) is 1.14. The first-order valence-corrected chi connectivity index (χ1v) is 7.82. The Bertz CT molecular complexity index is 992. The van der Waals surface area contributed by atoms with Gasteiger partial charge in [-0.25, -0.2) is 4.98 Å². The second-order valence-electron chi connectivity index (χ2n) is 5.59. The summed E-state index contributed by atoms with van der Waals surface area (Å²) in [7, 11) is 0. The molecule has 0 aliphatic heterocycles. The summed E-state index contributed by atoms with van der Waals surface area (Å²) < 4.78 is 5.77. The summed E-state index contributed by atoms with van der Waals surface area (Å²) in [5.74, 6) is -1.00. The SMILES string of the molecule is Cc1nc(C(=O)NCC(=O)O)c(O)c2ccc(Oc3ccccc3)cc12.[Na]. The number of carbonyl (C=O) groups is 2. The predicted octanol–water partition coefficient (Wildman–Crippen LogP) is 2.47. The molecule has 0 fully saturated rings. The Morgan fingerprint density at radius 1 is 1.07 bits per heavy atom. The number of aliphatic carboxylic acids is 1. The minimum absolute atomic E-state index is 0. The van der Waals surface area contributed by atoms with Gasteiger partial charge in [-0.2, -0.15) is 0 Å². The number of carboxylic acid groups (broad SMARTS) is 1. The standard InChI is InChI=1S/C19H16N2O5.Na/c1-11-15-9-13(26-12-5-3-2-4-6-12)7-8-14(15)18(24)17(21-11)19(25)20-10-16(22)23;/h2-9,24H,10H2,1H3,(H,20,25)(H,22,23);. The molecule has 3 rings (SSSR count). The number of ether oxygens (including phenoxy) is 1. The molecular formula is C19H16N2NaO5. The summed E-state index contributed by atoms with van der Waals surface area (Å²) in [6.07, 6.45) is 0. The van der Waals surface area contributed by atoms with E-state index in [4.69, 9.17) is 9.84 Å². The summed E-state index contributed by atoms with van der Waals surface area (Å²) in [6, 6.07) is 14.3. The van der Waals surface area contributed by atoms with Gasteiger partial charge in [-0.15, -0.1) is 0 Å². The Morgan fingerprint density at radius 2 is 1.78 bits per heavy atom. The van der Waals surface area contributed by atoms with Crippen LogP contribution in [0.2, 0.25) is 0 Å². The Kier molecular flexibility index (Phi) is 6.79. The third-order valence-corrected chi connectivity index (χ3v) is 3.73. The second-order valence-corrected chi connectivity index (χ2v) is 5.59. The first kappa shape index (κ1) is 20.7. The van der Waals surface area contributed by atoms with Crippen molar-refractivity contribution in [3.8, 4) is 17.2 Å². The van der Waals surface area contributed by atoms with Crippen LogP contribution in [0.25, 0.3) is 10.8 Å². The number of carbonyl (C=O) groups excluding carboxylic acids is 1. The average molecular weight is 375 g/mol. The molecule has 1 heterocycles. The smallest absolute Gasteiger partial charge is 0.322 e. The number of amides is 1. The molecule has 8 heteroatoms. The van der Waals surface area contributed by atoms with Crippen LogP contribution in [0.1, 0.15) is 16.2 Å². The summed E-state index contributed by atoms with van der Waals surface area (Å²) in [5, 5.41) is 22.3. The van der Waals surface area contributed by atoms with Crippen LogP contribution in [-0.2, 0) is 4.79 Å². The van der Waals surface area contributed by atoms with Crippen LogP contribution in [0.5, 0.6) is 17.2 Å². The van der Waals surface area contributed by atoms with Crippen LogP contribution in [0, 0.1) is 6.92 Å². The summed E-state index contributed by atoms with van der Waals surface area (Å²) in [4.78, 5) is 26.7. The Balaban J connectivity index is 0.00000261. The van der Waals surface area contributed by atoms with E-state index in [2.05, 4.69) is 10.3 Å². The van der Waals surface area contributed by atoms with E-state index >= 15 is 0 Å². The fourth-order valence-electron chi connectivity index (χ4n) is 2.52. The van der Waals surface area contributed by atoms with Gasteiger partial charge in [0.05, 0.1) is 0 Å². The zero-order valence-electron chi connectivity index (χ0n) is 14.9. The van der Waals surface area contributed by atoms with Crippen LogP contribution in [0.15, 0.2) is 48.5 Å². The summed E-state index contributed by atoms with van der Waals surface area (Å²) in [5.41, 5.74) is 0.296. The van der Waals surface area contributed by atoms with E-state index in [0.717, 1.165) is 0 Å². The molecule has 3 aromatic rings. The largest absolute Gasteiger partial charge is 0.505 e. The number of hydrogen-bond acceptors (Lipinski definition) is 5. The van der Waals surface area contributed by atoms with Gasteiger partial charge in [-0.1, -0.05) is 18.2 Å². The number of fused-ring (bicyclic) bond motifs is 1. The molecule has 7 nitrogen and oxygen atoms in total. The number of rotatable bonds is 5. The molecule has 27 heavy (non-hydrogen) atoms. The number of pyridine rings is 1. The second kappa shape index (κ2) is 8.85. The minimum Gasteiger partial charge on any atom is -0.505 e.